The molecule has 1 aromatic heterocycles. The number of hydrogen-bond acceptors (Lipinski definition) is 5. The van der Waals surface area contributed by atoms with Gasteiger partial charge in [-0.25, -0.2) is 8.42 Å². The lowest BCUT2D eigenvalue weighted by atomic mass is 9.89. The van der Waals surface area contributed by atoms with Crippen LogP contribution < -0.4 is 4.74 Å². The highest BCUT2D eigenvalue weighted by Crippen LogP contribution is 2.30. The van der Waals surface area contributed by atoms with Gasteiger partial charge in [0.05, 0.1) is 7.11 Å². The van der Waals surface area contributed by atoms with Crippen LogP contribution in [0.5, 0.6) is 5.75 Å². The third-order valence-electron chi connectivity index (χ3n) is 4.78. The largest absolute Gasteiger partial charge is 0.497 e. The number of nitrogens with zero attached hydrogens (tertiary/aromatic N) is 1. The van der Waals surface area contributed by atoms with Gasteiger partial charge in [0.25, 0.3) is 10.0 Å². The molecule has 3 rings (SSSR count). The van der Waals surface area contributed by atoms with Crippen LogP contribution in [0.4, 0.5) is 0 Å². The quantitative estimate of drug-likeness (QED) is 0.704. The minimum absolute atomic E-state index is 0.0779. The van der Waals surface area contributed by atoms with E-state index < -0.39 is 10.0 Å². The van der Waals surface area contributed by atoms with Crippen LogP contribution in [0.25, 0.3) is 0 Å². The zero-order chi connectivity index (χ0) is 18.7. The normalized spacial score (nSPS) is 16.5. The Morgan fingerprint density at radius 2 is 1.81 bits per heavy atom. The van der Waals surface area contributed by atoms with Gasteiger partial charge < -0.3 is 4.74 Å². The Bertz CT molecular complexity index is 863. The summed E-state index contributed by atoms with van der Waals surface area (Å²) in [6.07, 6.45) is 1.94. The van der Waals surface area contributed by atoms with Gasteiger partial charge in [0, 0.05) is 29.4 Å². The van der Waals surface area contributed by atoms with Crippen molar-refractivity contribution < 1.29 is 17.9 Å². The Labute approximate surface area is 158 Å². The van der Waals surface area contributed by atoms with Crippen LogP contribution in [-0.4, -0.2) is 38.7 Å². The predicted molar refractivity (Wildman–Crippen MR) is 103 cm³/mol. The SMILES string of the molecule is CCc1ccc(S(=O)(=O)N2CCC(C(=O)c3ccc(OC)cc3)CC2)s1. The van der Waals surface area contributed by atoms with Gasteiger partial charge in [-0.1, -0.05) is 6.92 Å². The van der Waals surface area contributed by atoms with Gasteiger partial charge in [-0.05, 0) is 55.7 Å². The van der Waals surface area contributed by atoms with Crippen molar-refractivity contribution in [2.45, 2.75) is 30.4 Å². The van der Waals surface area contributed by atoms with Crippen LogP contribution in [0.1, 0.15) is 35.0 Å². The first kappa shape index (κ1) is 19.1. The molecular weight excluding hydrogens is 370 g/mol. The lowest BCUT2D eigenvalue weighted by Gasteiger charge is -2.30. The number of carbonyl (C=O) groups is 1. The van der Waals surface area contributed by atoms with E-state index in [1.807, 2.05) is 13.0 Å². The number of thiophene rings is 1. The maximum atomic E-state index is 12.8. The van der Waals surface area contributed by atoms with Gasteiger partial charge in [-0.15, -0.1) is 11.3 Å². The second-order valence-corrected chi connectivity index (χ2v) is 9.68. The molecule has 0 radical (unpaired) electrons. The average Bonchev–Trinajstić information content (AvgIpc) is 3.18. The second-order valence-electron chi connectivity index (χ2n) is 6.35. The molecule has 0 aliphatic carbocycles. The number of benzene rings is 1. The van der Waals surface area contributed by atoms with E-state index in [2.05, 4.69) is 0 Å². The van der Waals surface area contributed by atoms with Crippen molar-refractivity contribution in [1.82, 2.24) is 4.31 Å². The molecule has 2 heterocycles. The van der Waals surface area contributed by atoms with Crippen LogP contribution in [-0.2, 0) is 16.4 Å². The van der Waals surface area contributed by atoms with Crippen molar-refractivity contribution >= 4 is 27.1 Å². The first-order valence-corrected chi connectivity index (χ1v) is 11.0. The molecule has 0 amide bonds. The molecule has 26 heavy (non-hydrogen) atoms. The number of sulfonamides is 1. The molecule has 0 N–H and O–H groups in total. The summed E-state index contributed by atoms with van der Waals surface area (Å²) in [6.45, 7) is 2.78. The van der Waals surface area contributed by atoms with E-state index in [9.17, 15) is 13.2 Å². The maximum absolute atomic E-state index is 12.8. The highest BCUT2D eigenvalue weighted by atomic mass is 32.2. The number of rotatable bonds is 6. The first-order chi connectivity index (χ1) is 12.5. The summed E-state index contributed by atoms with van der Waals surface area (Å²) in [5, 5.41) is 0. The molecule has 0 atom stereocenters. The van der Waals surface area contributed by atoms with Crippen LogP contribution in [0.15, 0.2) is 40.6 Å². The predicted octanol–water partition coefficient (Wildman–Crippen LogP) is 3.60. The topological polar surface area (TPSA) is 63.7 Å². The van der Waals surface area contributed by atoms with Crippen LogP contribution in [0.3, 0.4) is 0 Å². The molecule has 1 saturated heterocycles. The number of carbonyl (C=O) groups excluding carboxylic acids is 1. The molecule has 5 nitrogen and oxygen atoms in total. The highest BCUT2D eigenvalue weighted by Gasteiger charge is 2.33. The summed E-state index contributed by atoms with van der Waals surface area (Å²) in [5.74, 6) is 0.656. The molecule has 0 spiro atoms. The Balaban J connectivity index is 1.65. The number of methoxy groups -OCH3 is 1. The molecule has 1 aliphatic rings. The third kappa shape index (κ3) is 3.84. The fourth-order valence-electron chi connectivity index (χ4n) is 3.16. The number of ether oxygens (including phenoxy) is 1. The van der Waals surface area contributed by atoms with Gasteiger partial charge in [0.1, 0.15) is 9.96 Å². The van der Waals surface area contributed by atoms with Crippen LogP contribution in [0.2, 0.25) is 0 Å². The first-order valence-electron chi connectivity index (χ1n) is 8.73. The molecule has 1 aliphatic heterocycles. The van der Waals surface area contributed by atoms with Crippen molar-refractivity contribution in [3.05, 3.63) is 46.8 Å². The zero-order valence-corrected chi connectivity index (χ0v) is 16.6. The highest BCUT2D eigenvalue weighted by molar-refractivity contribution is 7.91. The number of hydrogen-bond donors (Lipinski definition) is 0. The Hall–Kier alpha value is -1.70. The minimum atomic E-state index is -3.45. The molecule has 140 valence electrons. The fourth-order valence-corrected chi connectivity index (χ4v) is 6.08. The smallest absolute Gasteiger partial charge is 0.252 e. The van der Waals surface area contributed by atoms with E-state index in [1.165, 1.54) is 15.6 Å². The average molecular weight is 394 g/mol. The molecule has 0 unspecified atom stereocenters. The van der Waals surface area contributed by atoms with E-state index in [0.29, 0.717) is 41.5 Å². The van der Waals surface area contributed by atoms with Crippen molar-refractivity contribution in [3.63, 3.8) is 0 Å². The van der Waals surface area contributed by atoms with E-state index in [0.717, 1.165) is 11.3 Å². The maximum Gasteiger partial charge on any atom is 0.252 e. The summed E-state index contributed by atoms with van der Waals surface area (Å²) in [7, 11) is -1.86. The van der Waals surface area contributed by atoms with E-state index >= 15 is 0 Å². The van der Waals surface area contributed by atoms with Crippen molar-refractivity contribution in [2.75, 3.05) is 20.2 Å². The van der Waals surface area contributed by atoms with E-state index in [-0.39, 0.29) is 11.7 Å². The molecular formula is C19H23NO4S2. The number of ketones is 1. The van der Waals surface area contributed by atoms with Crippen molar-refractivity contribution in [1.29, 1.82) is 0 Å². The third-order valence-corrected chi connectivity index (χ3v) is 8.37. The fraction of sp³-hybridized carbons (Fsp3) is 0.421. The summed E-state index contributed by atoms with van der Waals surface area (Å²) >= 11 is 1.33. The van der Waals surface area contributed by atoms with Crippen LogP contribution >= 0.6 is 11.3 Å². The number of aryl methyl sites for hydroxylation is 1. The van der Waals surface area contributed by atoms with E-state index in [4.69, 9.17) is 4.74 Å². The lowest BCUT2D eigenvalue weighted by Crippen LogP contribution is -2.40. The molecule has 2 aromatic rings. The van der Waals surface area contributed by atoms with E-state index in [1.54, 1.807) is 37.4 Å². The molecule has 0 bridgehead atoms. The number of piperidine rings is 1. The molecule has 0 saturated carbocycles. The van der Waals surface area contributed by atoms with Crippen molar-refractivity contribution in [2.24, 2.45) is 5.92 Å². The van der Waals surface area contributed by atoms with Gasteiger partial charge >= 0.3 is 0 Å². The Morgan fingerprint density at radius 1 is 1.15 bits per heavy atom. The standard InChI is InChI=1S/C19H23NO4S2/c1-3-17-8-9-18(25-17)26(22,23)20-12-10-15(11-13-20)19(21)14-4-6-16(24-2)7-5-14/h4-9,15H,3,10-13H2,1-2H3. The van der Waals surface area contributed by atoms with Gasteiger partial charge in [0.15, 0.2) is 5.78 Å². The summed E-state index contributed by atoms with van der Waals surface area (Å²) in [5.41, 5.74) is 0.651. The number of Topliss-reactive ketones (excluding diaryl/α,β-unsaturated/α-hetero) is 1. The van der Waals surface area contributed by atoms with Crippen molar-refractivity contribution in [3.8, 4) is 5.75 Å². The van der Waals surface area contributed by atoms with Crippen LogP contribution in [0, 0.1) is 5.92 Å². The summed E-state index contributed by atoms with van der Waals surface area (Å²) in [4.78, 5) is 13.7. The second kappa shape index (κ2) is 7.90. The lowest BCUT2D eigenvalue weighted by molar-refractivity contribution is 0.0875. The van der Waals surface area contributed by atoms with Gasteiger partial charge in [0.2, 0.25) is 0 Å². The Morgan fingerprint density at radius 3 is 2.35 bits per heavy atom. The molecule has 1 aromatic carbocycles. The minimum Gasteiger partial charge on any atom is -0.497 e. The van der Waals surface area contributed by atoms with Gasteiger partial charge in [-0.3, -0.25) is 4.79 Å². The molecule has 1 fully saturated rings. The zero-order valence-electron chi connectivity index (χ0n) is 15.0. The molecule has 7 heteroatoms. The monoisotopic (exact) mass is 393 g/mol. The summed E-state index contributed by atoms with van der Waals surface area (Å²) < 4.78 is 32.6. The summed E-state index contributed by atoms with van der Waals surface area (Å²) in [6, 6.07) is 10.6. The van der Waals surface area contributed by atoms with Gasteiger partial charge in [-0.2, -0.15) is 4.31 Å². The Kier molecular flexibility index (Phi) is 5.79.